The third-order valence-electron chi connectivity index (χ3n) is 4.51. The van der Waals surface area contributed by atoms with Gasteiger partial charge in [-0.15, -0.1) is 13.2 Å². The normalized spacial score (nSPS) is 13.2. The Morgan fingerprint density at radius 2 is 1.45 bits per heavy atom. The second-order valence-electron chi connectivity index (χ2n) is 6.57. The molecule has 0 aromatic heterocycles. The first-order chi connectivity index (χ1) is 14.7. The molecule has 4 rings (SSSR count). The van der Waals surface area contributed by atoms with Crippen molar-refractivity contribution in [2.45, 2.75) is 6.36 Å². The van der Waals surface area contributed by atoms with E-state index in [1.807, 2.05) is 0 Å². The lowest BCUT2D eigenvalue weighted by atomic mass is 10.1. The number of ether oxygens (including phenoxy) is 1. The number of hydrogen-bond acceptors (Lipinski definition) is 4. The third kappa shape index (κ3) is 4.11. The van der Waals surface area contributed by atoms with Gasteiger partial charge in [-0.05, 0) is 54.6 Å². The van der Waals surface area contributed by atoms with E-state index in [-0.39, 0.29) is 11.3 Å². The van der Waals surface area contributed by atoms with Crippen molar-refractivity contribution in [3.63, 3.8) is 0 Å². The molecule has 31 heavy (non-hydrogen) atoms. The van der Waals surface area contributed by atoms with Crippen LogP contribution in [0, 0.1) is 0 Å². The Bertz CT molecular complexity index is 1150. The van der Waals surface area contributed by atoms with Gasteiger partial charge in [-0.2, -0.15) is 0 Å². The molecule has 3 aromatic carbocycles. The SMILES string of the molecule is O=C(Nc1cccc(N2C(=O)c3ccccc3C2=O)c1)c1ccc(OC(F)(F)F)cc1. The van der Waals surface area contributed by atoms with Crippen molar-refractivity contribution in [3.8, 4) is 5.75 Å². The maximum atomic E-state index is 12.6. The number of amides is 3. The largest absolute Gasteiger partial charge is 0.573 e. The second kappa shape index (κ2) is 7.60. The maximum Gasteiger partial charge on any atom is 0.573 e. The quantitative estimate of drug-likeness (QED) is 0.617. The van der Waals surface area contributed by atoms with Crippen molar-refractivity contribution in [2.24, 2.45) is 0 Å². The minimum absolute atomic E-state index is 0.0978. The summed E-state index contributed by atoms with van der Waals surface area (Å²) in [6, 6.07) is 17.0. The Hall–Kier alpha value is -4.14. The van der Waals surface area contributed by atoms with Crippen LogP contribution in [0.1, 0.15) is 31.1 Å². The lowest BCUT2D eigenvalue weighted by Crippen LogP contribution is -2.29. The number of nitrogens with zero attached hydrogens (tertiary/aromatic N) is 1. The molecule has 1 aliphatic rings. The highest BCUT2D eigenvalue weighted by Gasteiger charge is 2.36. The van der Waals surface area contributed by atoms with Gasteiger partial charge in [0, 0.05) is 11.3 Å². The van der Waals surface area contributed by atoms with Crippen LogP contribution in [0.2, 0.25) is 0 Å². The molecule has 6 nitrogen and oxygen atoms in total. The van der Waals surface area contributed by atoms with E-state index in [1.54, 1.807) is 42.5 Å². The van der Waals surface area contributed by atoms with Crippen LogP contribution in [0.25, 0.3) is 0 Å². The molecular formula is C22H13F3N2O4. The van der Waals surface area contributed by atoms with Gasteiger partial charge < -0.3 is 10.1 Å². The summed E-state index contributed by atoms with van der Waals surface area (Å²) in [4.78, 5) is 38.7. The third-order valence-corrected chi connectivity index (χ3v) is 4.51. The fourth-order valence-electron chi connectivity index (χ4n) is 3.16. The van der Waals surface area contributed by atoms with E-state index in [0.717, 1.165) is 17.0 Å². The molecule has 0 atom stereocenters. The van der Waals surface area contributed by atoms with E-state index in [1.165, 1.54) is 18.2 Å². The molecule has 1 heterocycles. The van der Waals surface area contributed by atoms with Crippen molar-refractivity contribution in [1.29, 1.82) is 0 Å². The summed E-state index contributed by atoms with van der Waals surface area (Å²) in [5, 5.41) is 2.59. The summed E-state index contributed by atoms with van der Waals surface area (Å²) in [5.74, 6) is -1.97. The fourth-order valence-corrected chi connectivity index (χ4v) is 3.16. The summed E-state index contributed by atoms with van der Waals surface area (Å²) in [7, 11) is 0. The molecule has 0 spiro atoms. The van der Waals surface area contributed by atoms with Gasteiger partial charge in [0.05, 0.1) is 16.8 Å². The predicted molar refractivity (Wildman–Crippen MR) is 105 cm³/mol. The first-order valence-corrected chi connectivity index (χ1v) is 8.98. The van der Waals surface area contributed by atoms with E-state index in [9.17, 15) is 27.6 Å². The summed E-state index contributed by atoms with van der Waals surface area (Å²) in [5.41, 5.74) is 1.26. The Morgan fingerprint density at radius 1 is 0.839 bits per heavy atom. The molecule has 0 aliphatic carbocycles. The standard InChI is InChI=1S/C22H13F3N2O4/c23-22(24,25)31-16-10-8-13(9-11-16)19(28)26-14-4-3-5-15(12-14)27-20(29)17-6-1-2-7-18(17)21(27)30/h1-12H,(H,26,28). The number of benzene rings is 3. The van der Waals surface area contributed by atoms with Crippen LogP contribution in [0.3, 0.4) is 0 Å². The molecule has 1 aliphatic heterocycles. The highest BCUT2D eigenvalue weighted by atomic mass is 19.4. The summed E-state index contributed by atoms with van der Waals surface area (Å²) in [6.07, 6.45) is -4.83. The van der Waals surface area contributed by atoms with Crippen molar-refractivity contribution < 1.29 is 32.3 Å². The Balaban J connectivity index is 1.51. The van der Waals surface area contributed by atoms with Gasteiger partial charge in [-0.25, -0.2) is 4.90 Å². The highest BCUT2D eigenvalue weighted by molar-refractivity contribution is 6.34. The molecule has 0 saturated carbocycles. The molecule has 3 aromatic rings. The van der Waals surface area contributed by atoms with Gasteiger partial charge in [0.25, 0.3) is 17.7 Å². The molecule has 0 radical (unpaired) electrons. The maximum absolute atomic E-state index is 12.6. The van der Waals surface area contributed by atoms with Crippen LogP contribution in [-0.2, 0) is 0 Å². The Kier molecular flexibility index (Phi) is 4.94. The van der Waals surface area contributed by atoms with Crippen LogP contribution < -0.4 is 15.0 Å². The summed E-state index contributed by atoms with van der Waals surface area (Å²) < 4.78 is 40.5. The van der Waals surface area contributed by atoms with Gasteiger partial charge in [-0.1, -0.05) is 18.2 Å². The Morgan fingerprint density at radius 3 is 2.03 bits per heavy atom. The number of fused-ring (bicyclic) bond motifs is 1. The molecule has 156 valence electrons. The molecule has 0 bridgehead atoms. The van der Waals surface area contributed by atoms with E-state index in [0.29, 0.717) is 16.8 Å². The van der Waals surface area contributed by atoms with Crippen molar-refractivity contribution in [3.05, 3.63) is 89.5 Å². The molecular weight excluding hydrogens is 413 g/mol. The predicted octanol–water partition coefficient (Wildman–Crippen LogP) is 4.64. The average Bonchev–Trinajstić information content (AvgIpc) is 2.98. The molecule has 9 heteroatoms. The molecule has 1 N–H and O–H groups in total. The molecule has 3 amide bonds. The van der Waals surface area contributed by atoms with Gasteiger partial charge in [0.2, 0.25) is 0 Å². The van der Waals surface area contributed by atoms with Crippen LogP contribution in [-0.4, -0.2) is 24.1 Å². The number of nitrogens with one attached hydrogen (secondary N) is 1. The lowest BCUT2D eigenvalue weighted by molar-refractivity contribution is -0.274. The zero-order valence-corrected chi connectivity index (χ0v) is 15.6. The van der Waals surface area contributed by atoms with E-state index in [4.69, 9.17) is 0 Å². The lowest BCUT2D eigenvalue weighted by Gasteiger charge is -2.15. The number of carbonyl (C=O) groups is 3. The van der Waals surface area contributed by atoms with Crippen molar-refractivity contribution in [1.82, 2.24) is 0 Å². The number of rotatable bonds is 4. The van der Waals surface area contributed by atoms with E-state index in [2.05, 4.69) is 10.1 Å². The number of hydrogen-bond donors (Lipinski definition) is 1. The minimum atomic E-state index is -4.83. The number of anilines is 2. The summed E-state index contributed by atoms with van der Waals surface area (Å²) in [6.45, 7) is 0. The van der Waals surface area contributed by atoms with Gasteiger partial charge in [0.15, 0.2) is 0 Å². The first-order valence-electron chi connectivity index (χ1n) is 8.98. The highest BCUT2D eigenvalue weighted by Crippen LogP contribution is 2.30. The van der Waals surface area contributed by atoms with Crippen LogP contribution in [0.15, 0.2) is 72.8 Å². The topological polar surface area (TPSA) is 75.7 Å². The number of halogens is 3. The number of alkyl halides is 3. The monoisotopic (exact) mass is 426 g/mol. The molecule has 0 unspecified atom stereocenters. The molecule has 0 fully saturated rings. The van der Waals surface area contributed by atoms with Crippen LogP contribution >= 0.6 is 0 Å². The van der Waals surface area contributed by atoms with E-state index < -0.39 is 29.8 Å². The van der Waals surface area contributed by atoms with Gasteiger partial charge >= 0.3 is 6.36 Å². The number of imide groups is 1. The number of carbonyl (C=O) groups excluding carboxylic acids is 3. The smallest absolute Gasteiger partial charge is 0.406 e. The van der Waals surface area contributed by atoms with E-state index >= 15 is 0 Å². The fraction of sp³-hybridized carbons (Fsp3) is 0.0455. The van der Waals surface area contributed by atoms with Crippen molar-refractivity contribution in [2.75, 3.05) is 10.2 Å². The zero-order valence-electron chi connectivity index (χ0n) is 15.6. The summed E-state index contributed by atoms with van der Waals surface area (Å²) >= 11 is 0. The first kappa shape index (κ1) is 20.1. The molecule has 0 saturated heterocycles. The van der Waals surface area contributed by atoms with Gasteiger partial charge in [0.1, 0.15) is 5.75 Å². The second-order valence-corrected chi connectivity index (χ2v) is 6.57. The van der Waals surface area contributed by atoms with Crippen molar-refractivity contribution >= 4 is 29.1 Å². The van der Waals surface area contributed by atoms with Crippen LogP contribution in [0.4, 0.5) is 24.5 Å². The minimum Gasteiger partial charge on any atom is -0.406 e. The Labute approximate surface area is 173 Å². The van der Waals surface area contributed by atoms with Gasteiger partial charge in [-0.3, -0.25) is 14.4 Å². The van der Waals surface area contributed by atoms with Crippen LogP contribution in [0.5, 0.6) is 5.75 Å². The average molecular weight is 426 g/mol. The zero-order chi connectivity index (χ0) is 22.2.